The van der Waals surface area contributed by atoms with Gasteiger partial charge in [-0.2, -0.15) is 11.8 Å². The van der Waals surface area contributed by atoms with Crippen LogP contribution in [0.2, 0.25) is 0 Å². The number of piperazine rings is 1. The summed E-state index contributed by atoms with van der Waals surface area (Å²) in [5.74, 6) is 3.32. The Labute approximate surface area is 118 Å². The molecule has 0 aromatic rings. The van der Waals surface area contributed by atoms with Crippen molar-refractivity contribution in [2.75, 3.05) is 31.1 Å². The normalized spacial score (nSPS) is 30.0. The number of rotatable bonds is 7. The lowest BCUT2D eigenvalue weighted by Crippen LogP contribution is -2.63. The number of thioether (sulfide) groups is 1. The van der Waals surface area contributed by atoms with Gasteiger partial charge in [-0.3, -0.25) is 4.90 Å². The molecular formula is C15H32N2S. The highest BCUT2D eigenvalue weighted by Gasteiger charge is 2.34. The second-order valence-corrected chi connectivity index (χ2v) is 7.64. The van der Waals surface area contributed by atoms with Crippen molar-refractivity contribution >= 4 is 11.8 Å². The van der Waals surface area contributed by atoms with Gasteiger partial charge in [0.1, 0.15) is 0 Å². The molecule has 0 aliphatic carbocycles. The largest absolute Gasteiger partial charge is 0.309 e. The molecule has 1 aliphatic rings. The molecule has 1 N–H and O–H groups in total. The third-order valence-electron chi connectivity index (χ3n) is 4.08. The van der Waals surface area contributed by atoms with Crippen LogP contribution in [0.25, 0.3) is 0 Å². The molecule has 1 fully saturated rings. The summed E-state index contributed by atoms with van der Waals surface area (Å²) in [5, 5.41) is 3.77. The molecule has 18 heavy (non-hydrogen) atoms. The molecule has 0 saturated carbocycles. The predicted molar refractivity (Wildman–Crippen MR) is 84.5 cm³/mol. The van der Waals surface area contributed by atoms with Crippen LogP contribution in [0.1, 0.15) is 47.5 Å². The molecular weight excluding hydrogens is 240 g/mol. The summed E-state index contributed by atoms with van der Waals surface area (Å²) < 4.78 is 0. The monoisotopic (exact) mass is 272 g/mol. The van der Waals surface area contributed by atoms with Gasteiger partial charge in [-0.15, -0.1) is 0 Å². The summed E-state index contributed by atoms with van der Waals surface area (Å²) in [6.45, 7) is 15.2. The number of nitrogens with zero attached hydrogens (tertiary/aromatic N) is 1. The maximum atomic E-state index is 3.77. The van der Waals surface area contributed by atoms with E-state index in [9.17, 15) is 0 Å². The van der Waals surface area contributed by atoms with E-state index in [-0.39, 0.29) is 0 Å². The van der Waals surface area contributed by atoms with Crippen molar-refractivity contribution in [3.8, 4) is 0 Å². The van der Waals surface area contributed by atoms with Crippen LogP contribution in [-0.2, 0) is 0 Å². The van der Waals surface area contributed by atoms with E-state index in [1.807, 2.05) is 0 Å². The van der Waals surface area contributed by atoms with Crippen molar-refractivity contribution in [1.82, 2.24) is 10.2 Å². The van der Waals surface area contributed by atoms with E-state index >= 15 is 0 Å². The molecule has 1 saturated heterocycles. The number of nitrogens with one attached hydrogen (secondary N) is 1. The first-order valence-electron chi connectivity index (χ1n) is 7.57. The van der Waals surface area contributed by atoms with Gasteiger partial charge in [-0.1, -0.05) is 27.7 Å². The van der Waals surface area contributed by atoms with Gasteiger partial charge in [-0.05, 0) is 31.4 Å². The maximum Gasteiger partial charge on any atom is 0.0278 e. The van der Waals surface area contributed by atoms with Crippen molar-refractivity contribution in [2.24, 2.45) is 5.92 Å². The Morgan fingerprint density at radius 1 is 1.39 bits per heavy atom. The van der Waals surface area contributed by atoms with E-state index in [1.165, 1.54) is 44.0 Å². The lowest BCUT2D eigenvalue weighted by atomic mass is 9.91. The second-order valence-electron chi connectivity index (χ2n) is 6.25. The quantitative estimate of drug-likeness (QED) is 0.716. The molecule has 0 spiro atoms. The Kier molecular flexibility index (Phi) is 7.04. The average molecular weight is 273 g/mol. The van der Waals surface area contributed by atoms with Gasteiger partial charge in [0.05, 0.1) is 0 Å². The van der Waals surface area contributed by atoms with Crippen molar-refractivity contribution in [3.05, 3.63) is 0 Å². The summed E-state index contributed by atoms with van der Waals surface area (Å²) in [7, 11) is 0. The Bertz CT molecular complexity index is 233. The van der Waals surface area contributed by atoms with Crippen LogP contribution in [0.5, 0.6) is 0 Å². The van der Waals surface area contributed by atoms with E-state index in [2.05, 4.69) is 56.6 Å². The van der Waals surface area contributed by atoms with Gasteiger partial charge in [0, 0.05) is 37.0 Å². The van der Waals surface area contributed by atoms with Gasteiger partial charge in [0.2, 0.25) is 0 Å². The minimum Gasteiger partial charge on any atom is -0.309 e. The molecule has 0 aromatic heterocycles. The number of hydrogen-bond acceptors (Lipinski definition) is 3. The van der Waals surface area contributed by atoms with Crippen LogP contribution in [-0.4, -0.2) is 47.6 Å². The lowest BCUT2D eigenvalue weighted by Gasteiger charge is -2.46. The summed E-state index contributed by atoms with van der Waals surface area (Å²) >= 11 is 2.07. The average Bonchev–Trinajstić information content (AvgIpc) is 2.33. The van der Waals surface area contributed by atoms with Crippen molar-refractivity contribution < 1.29 is 0 Å². The molecule has 2 unspecified atom stereocenters. The van der Waals surface area contributed by atoms with Crippen LogP contribution in [0.15, 0.2) is 0 Å². The van der Waals surface area contributed by atoms with Gasteiger partial charge in [0.15, 0.2) is 0 Å². The van der Waals surface area contributed by atoms with Crippen molar-refractivity contribution in [3.63, 3.8) is 0 Å². The predicted octanol–water partition coefficient (Wildman–Crippen LogP) is 3.23. The van der Waals surface area contributed by atoms with Crippen LogP contribution < -0.4 is 5.32 Å². The molecule has 1 rings (SSSR count). The van der Waals surface area contributed by atoms with E-state index in [0.717, 1.165) is 12.0 Å². The SMILES string of the molecule is CCSCCN1CC(C)(CC)NCC1CC(C)C. The fourth-order valence-electron chi connectivity index (χ4n) is 2.73. The molecule has 1 heterocycles. The highest BCUT2D eigenvalue weighted by molar-refractivity contribution is 7.99. The zero-order valence-electron chi connectivity index (χ0n) is 13.0. The number of hydrogen-bond donors (Lipinski definition) is 1. The van der Waals surface area contributed by atoms with Crippen LogP contribution in [0.3, 0.4) is 0 Å². The van der Waals surface area contributed by atoms with E-state index in [1.54, 1.807) is 0 Å². The molecule has 0 radical (unpaired) electrons. The highest BCUT2D eigenvalue weighted by atomic mass is 32.2. The fourth-order valence-corrected chi connectivity index (χ4v) is 3.38. The Morgan fingerprint density at radius 3 is 2.67 bits per heavy atom. The molecule has 3 heteroatoms. The summed E-state index contributed by atoms with van der Waals surface area (Å²) in [6.07, 6.45) is 2.54. The van der Waals surface area contributed by atoms with Gasteiger partial charge in [0.25, 0.3) is 0 Å². The third-order valence-corrected chi connectivity index (χ3v) is 4.96. The van der Waals surface area contributed by atoms with Crippen molar-refractivity contribution in [2.45, 2.75) is 59.0 Å². The first-order chi connectivity index (χ1) is 8.50. The first-order valence-corrected chi connectivity index (χ1v) is 8.73. The lowest BCUT2D eigenvalue weighted by molar-refractivity contribution is 0.0789. The smallest absolute Gasteiger partial charge is 0.0278 e. The van der Waals surface area contributed by atoms with Gasteiger partial charge >= 0.3 is 0 Å². The summed E-state index contributed by atoms with van der Waals surface area (Å²) in [4.78, 5) is 2.74. The Hall–Kier alpha value is 0.270. The van der Waals surface area contributed by atoms with E-state index < -0.39 is 0 Å². The van der Waals surface area contributed by atoms with E-state index in [4.69, 9.17) is 0 Å². The fraction of sp³-hybridized carbons (Fsp3) is 1.00. The third kappa shape index (κ3) is 5.10. The molecule has 0 bridgehead atoms. The zero-order chi connectivity index (χ0) is 13.6. The molecule has 2 nitrogen and oxygen atoms in total. The van der Waals surface area contributed by atoms with Crippen LogP contribution >= 0.6 is 11.8 Å². The van der Waals surface area contributed by atoms with Gasteiger partial charge in [-0.25, -0.2) is 0 Å². The van der Waals surface area contributed by atoms with E-state index in [0.29, 0.717) is 5.54 Å². The van der Waals surface area contributed by atoms with Crippen LogP contribution in [0.4, 0.5) is 0 Å². The molecule has 2 atom stereocenters. The minimum atomic E-state index is 0.324. The molecule has 0 aromatic carbocycles. The van der Waals surface area contributed by atoms with Crippen LogP contribution in [0, 0.1) is 5.92 Å². The first kappa shape index (κ1) is 16.3. The maximum absolute atomic E-state index is 3.77. The highest BCUT2D eigenvalue weighted by Crippen LogP contribution is 2.22. The Morgan fingerprint density at radius 2 is 2.11 bits per heavy atom. The molecule has 108 valence electrons. The minimum absolute atomic E-state index is 0.324. The summed E-state index contributed by atoms with van der Waals surface area (Å²) in [5.41, 5.74) is 0.324. The second kappa shape index (κ2) is 7.76. The summed E-state index contributed by atoms with van der Waals surface area (Å²) in [6, 6.07) is 0.738. The zero-order valence-corrected chi connectivity index (χ0v) is 13.8. The van der Waals surface area contributed by atoms with Crippen molar-refractivity contribution in [1.29, 1.82) is 0 Å². The standard InChI is InChI=1S/C15H32N2S/c1-6-15(5)12-17(8-9-18-7-2)14(11-16-15)10-13(3)4/h13-14,16H,6-12H2,1-5H3. The topological polar surface area (TPSA) is 15.3 Å². The Balaban J connectivity index is 2.55. The molecule has 1 aliphatic heterocycles. The molecule has 0 amide bonds. The van der Waals surface area contributed by atoms with Gasteiger partial charge < -0.3 is 5.32 Å².